The number of aryl methyl sites for hydroxylation is 2. The molecule has 96 valence electrons. The Morgan fingerprint density at radius 1 is 1.59 bits per heavy atom. The average molecular weight is 302 g/mol. The summed E-state index contributed by atoms with van der Waals surface area (Å²) in [6.45, 7) is 5.83. The van der Waals surface area contributed by atoms with Crippen molar-refractivity contribution in [2.75, 3.05) is 19.8 Å². The van der Waals surface area contributed by atoms with E-state index < -0.39 is 0 Å². The molecule has 0 amide bonds. The van der Waals surface area contributed by atoms with Crippen LogP contribution in [0, 0.1) is 5.92 Å². The van der Waals surface area contributed by atoms with Crippen LogP contribution in [-0.2, 0) is 24.8 Å². The van der Waals surface area contributed by atoms with Gasteiger partial charge in [-0.1, -0.05) is 6.92 Å². The topological polar surface area (TPSA) is 39.1 Å². The van der Waals surface area contributed by atoms with Crippen molar-refractivity contribution in [2.45, 2.75) is 26.3 Å². The van der Waals surface area contributed by atoms with Gasteiger partial charge in [0.25, 0.3) is 0 Å². The van der Waals surface area contributed by atoms with Crippen LogP contribution in [0.1, 0.15) is 24.7 Å². The smallest absolute Gasteiger partial charge is 0.0767 e. The van der Waals surface area contributed by atoms with E-state index in [9.17, 15) is 0 Å². The zero-order valence-electron chi connectivity index (χ0n) is 10.5. The number of hydrogen-bond acceptors (Lipinski definition) is 3. The van der Waals surface area contributed by atoms with Gasteiger partial charge in [-0.3, -0.25) is 4.68 Å². The quantitative estimate of drug-likeness (QED) is 0.902. The summed E-state index contributed by atoms with van der Waals surface area (Å²) < 4.78 is 8.47. The van der Waals surface area contributed by atoms with Gasteiger partial charge < -0.3 is 10.1 Å². The third-order valence-corrected chi connectivity index (χ3v) is 4.17. The van der Waals surface area contributed by atoms with Crippen LogP contribution >= 0.6 is 15.9 Å². The molecule has 0 bridgehead atoms. The van der Waals surface area contributed by atoms with E-state index in [0.717, 1.165) is 42.9 Å². The minimum atomic E-state index is 0.674. The van der Waals surface area contributed by atoms with Crippen molar-refractivity contribution < 1.29 is 4.74 Å². The van der Waals surface area contributed by atoms with Crippen LogP contribution in [0.5, 0.6) is 0 Å². The van der Waals surface area contributed by atoms with Crippen LogP contribution < -0.4 is 5.32 Å². The van der Waals surface area contributed by atoms with Crippen LogP contribution in [0.2, 0.25) is 0 Å². The highest BCUT2D eigenvalue weighted by molar-refractivity contribution is 9.10. The van der Waals surface area contributed by atoms with Crippen LogP contribution in [0.15, 0.2) is 4.47 Å². The molecule has 0 aromatic carbocycles. The van der Waals surface area contributed by atoms with Gasteiger partial charge in [-0.05, 0) is 34.7 Å². The second kappa shape index (κ2) is 5.98. The molecule has 0 aliphatic carbocycles. The van der Waals surface area contributed by atoms with E-state index in [0.29, 0.717) is 5.92 Å². The molecule has 1 atom stereocenters. The number of nitrogens with zero attached hydrogens (tertiary/aromatic N) is 2. The first-order valence-corrected chi connectivity index (χ1v) is 7.00. The third-order valence-electron chi connectivity index (χ3n) is 3.25. The van der Waals surface area contributed by atoms with Gasteiger partial charge in [-0.2, -0.15) is 5.10 Å². The monoisotopic (exact) mass is 301 g/mol. The fraction of sp³-hybridized carbons (Fsp3) is 0.750. The molecule has 1 aliphatic rings. The molecular formula is C12H20BrN3O. The Bertz CT molecular complexity index is 372. The minimum Gasteiger partial charge on any atom is -0.381 e. The fourth-order valence-corrected chi connectivity index (χ4v) is 2.91. The second-order valence-electron chi connectivity index (χ2n) is 4.55. The molecule has 1 N–H and O–H groups in total. The van der Waals surface area contributed by atoms with Crippen molar-refractivity contribution in [3.05, 3.63) is 15.9 Å². The van der Waals surface area contributed by atoms with Crippen molar-refractivity contribution in [1.29, 1.82) is 0 Å². The highest BCUT2D eigenvalue weighted by Crippen LogP contribution is 2.21. The Labute approximate surface area is 111 Å². The van der Waals surface area contributed by atoms with Crippen molar-refractivity contribution in [3.63, 3.8) is 0 Å². The van der Waals surface area contributed by atoms with Gasteiger partial charge >= 0.3 is 0 Å². The summed E-state index contributed by atoms with van der Waals surface area (Å²) in [4.78, 5) is 0. The lowest BCUT2D eigenvalue weighted by Crippen LogP contribution is -2.23. The normalized spacial score (nSPS) is 20.1. The molecule has 0 radical (unpaired) electrons. The van der Waals surface area contributed by atoms with Gasteiger partial charge in [-0.25, -0.2) is 0 Å². The Morgan fingerprint density at radius 3 is 3.00 bits per heavy atom. The first kappa shape index (κ1) is 13.1. The number of halogens is 1. The molecular weight excluding hydrogens is 282 g/mol. The van der Waals surface area contributed by atoms with Crippen molar-refractivity contribution in [1.82, 2.24) is 15.1 Å². The lowest BCUT2D eigenvalue weighted by molar-refractivity contribution is 0.185. The molecule has 2 rings (SSSR count). The van der Waals surface area contributed by atoms with Crippen molar-refractivity contribution in [3.8, 4) is 0 Å². The number of rotatable bonds is 5. The summed E-state index contributed by atoms with van der Waals surface area (Å²) in [5, 5.41) is 7.98. The first-order chi connectivity index (χ1) is 8.22. The fourth-order valence-electron chi connectivity index (χ4n) is 2.15. The summed E-state index contributed by atoms with van der Waals surface area (Å²) in [7, 11) is 2.00. The molecule has 1 unspecified atom stereocenters. The Morgan fingerprint density at radius 2 is 2.41 bits per heavy atom. The van der Waals surface area contributed by atoms with Gasteiger partial charge in [0.15, 0.2) is 0 Å². The Hall–Kier alpha value is -0.390. The summed E-state index contributed by atoms with van der Waals surface area (Å²) in [6.07, 6.45) is 2.14. The molecule has 4 nitrogen and oxygen atoms in total. The van der Waals surface area contributed by atoms with Gasteiger partial charge in [0.05, 0.1) is 22.5 Å². The predicted molar refractivity (Wildman–Crippen MR) is 70.9 cm³/mol. The van der Waals surface area contributed by atoms with E-state index in [1.54, 1.807) is 0 Å². The Balaban J connectivity index is 1.87. The molecule has 1 aliphatic heterocycles. The molecule has 5 heteroatoms. The maximum Gasteiger partial charge on any atom is 0.0767 e. The summed E-state index contributed by atoms with van der Waals surface area (Å²) in [5.41, 5.74) is 2.36. The van der Waals surface area contributed by atoms with Crippen LogP contribution in [0.25, 0.3) is 0 Å². The largest absolute Gasteiger partial charge is 0.381 e. The number of ether oxygens (including phenoxy) is 1. The van der Waals surface area contributed by atoms with Crippen LogP contribution in [-0.4, -0.2) is 29.5 Å². The third kappa shape index (κ3) is 3.09. The lowest BCUT2D eigenvalue weighted by Gasteiger charge is -2.09. The van der Waals surface area contributed by atoms with Gasteiger partial charge in [0.2, 0.25) is 0 Å². The summed E-state index contributed by atoms with van der Waals surface area (Å²) in [6, 6.07) is 0. The van der Waals surface area contributed by atoms with Crippen LogP contribution in [0.4, 0.5) is 0 Å². The summed E-state index contributed by atoms with van der Waals surface area (Å²) >= 11 is 3.63. The summed E-state index contributed by atoms with van der Waals surface area (Å²) in [5.74, 6) is 0.674. The molecule has 1 saturated heterocycles. The van der Waals surface area contributed by atoms with E-state index in [1.807, 2.05) is 11.7 Å². The van der Waals surface area contributed by atoms with Crippen molar-refractivity contribution >= 4 is 15.9 Å². The zero-order valence-corrected chi connectivity index (χ0v) is 12.1. The van der Waals surface area contributed by atoms with E-state index in [1.165, 1.54) is 12.1 Å². The van der Waals surface area contributed by atoms with Gasteiger partial charge in [-0.15, -0.1) is 0 Å². The average Bonchev–Trinajstić information content (AvgIpc) is 2.91. The minimum absolute atomic E-state index is 0.674. The van der Waals surface area contributed by atoms with E-state index >= 15 is 0 Å². The van der Waals surface area contributed by atoms with Gasteiger partial charge in [0.1, 0.15) is 0 Å². The number of hydrogen-bond donors (Lipinski definition) is 1. The van der Waals surface area contributed by atoms with Crippen LogP contribution in [0.3, 0.4) is 0 Å². The van der Waals surface area contributed by atoms with Crippen molar-refractivity contribution in [2.24, 2.45) is 13.0 Å². The maximum absolute atomic E-state index is 5.36. The first-order valence-electron chi connectivity index (χ1n) is 6.21. The Kier molecular flexibility index (Phi) is 4.59. The van der Waals surface area contributed by atoms with E-state index in [2.05, 4.69) is 33.3 Å². The molecule has 0 spiro atoms. The highest BCUT2D eigenvalue weighted by Gasteiger charge is 2.16. The number of nitrogens with one attached hydrogen (secondary N) is 1. The molecule has 1 aromatic rings. The SMILES string of the molecule is CCc1nn(C)c(CNCC2CCOC2)c1Br. The molecule has 17 heavy (non-hydrogen) atoms. The van der Waals surface area contributed by atoms with E-state index in [-0.39, 0.29) is 0 Å². The zero-order chi connectivity index (χ0) is 12.3. The number of aromatic nitrogens is 2. The molecule has 2 heterocycles. The highest BCUT2D eigenvalue weighted by atomic mass is 79.9. The molecule has 0 saturated carbocycles. The molecule has 1 aromatic heterocycles. The van der Waals surface area contributed by atoms with E-state index in [4.69, 9.17) is 4.74 Å². The lowest BCUT2D eigenvalue weighted by atomic mass is 10.1. The standard InChI is InChI=1S/C12H20BrN3O/c1-3-10-12(13)11(16(2)15-10)7-14-6-9-4-5-17-8-9/h9,14H,3-8H2,1-2H3. The van der Waals surface area contributed by atoms with Gasteiger partial charge in [0, 0.05) is 26.7 Å². The second-order valence-corrected chi connectivity index (χ2v) is 5.34. The molecule has 1 fully saturated rings. The predicted octanol–water partition coefficient (Wildman–Crippen LogP) is 1.87. The maximum atomic E-state index is 5.36.